The maximum absolute atomic E-state index is 13.7. The van der Waals surface area contributed by atoms with Crippen molar-refractivity contribution in [3.8, 4) is 0 Å². The predicted octanol–water partition coefficient (Wildman–Crippen LogP) is 5.05. The summed E-state index contributed by atoms with van der Waals surface area (Å²) in [5.41, 5.74) is 2.30. The molecule has 39 heavy (non-hydrogen) atoms. The molecule has 0 spiro atoms. The third kappa shape index (κ3) is 9.41. The van der Waals surface area contributed by atoms with E-state index in [1.54, 1.807) is 29.2 Å². The van der Waals surface area contributed by atoms with E-state index in [9.17, 15) is 18.0 Å². The highest BCUT2D eigenvalue weighted by Crippen LogP contribution is 2.23. The number of benzene rings is 3. The molecule has 0 aliphatic rings. The number of nitrogens with one attached hydrogen (secondary N) is 1. The summed E-state index contributed by atoms with van der Waals surface area (Å²) in [6, 6.07) is 25.1. The van der Waals surface area contributed by atoms with E-state index < -0.39 is 16.1 Å². The zero-order chi connectivity index (χ0) is 28.3. The molecule has 0 aromatic heterocycles. The van der Waals surface area contributed by atoms with E-state index in [0.29, 0.717) is 23.7 Å². The lowest BCUT2D eigenvalue weighted by atomic mass is 10.0. The van der Waals surface area contributed by atoms with E-state index in [1.807, 2.05) is 67.6 Å². The molecule has 2 amide bonds. The second-order valence-corrected chi connectivity index (χ2v) is 11.8. The van der Waals surface area contributed by atoms with Gasteiger partial charge in [0.15, 0.2) is 0 Å². The van der Waals surface area contributed by atoms with Gasteiger partial charge in [0.05, 0.1) is 11.9 Å². The van der Waals surface area contributed by atoms with Gasteiger partial charge < -0.3 is 10.2 Å². The van der Waals surface area contributed by atoms with E-state index in [0.717, 1.165) is 23.8 Å². The molecule has 0 aliphatic heterocycles. The van der Waals surface area contributed by atoms with Gasteiger partial charge in [-0.3, -0.25) is 13.9 Å². The molecule has 0 fully saturated rings. The van der Waals surface area contributed by atoms with Gasteiger partial charge in [0.25, 0.3) is 0 Å². The Morgan fingerprint density at radius 1 is 0.923 bits per heavy atom. The first-order valence-electron chi connectivity index (χ1n) is 13.1. The van der Waals surface area contributed by atoms with Crippen molar-refractivity contribution in [2.45, 2.75) is 45.2 Å². The summed E-state index contributed by atoms with van der Waals surface area (Å²) < 4.78 is 26.3. The first-order chi connectivity index (χ1) is 18.7. The highest BCUT2D eigenvalue weighted by molar-refractivity contribution is 7.92. The molecule has 3 aromatic rings. The fourth-order valence-corrected chi connectivity index (χ4v) is 5.48. The Morgan fingerprint density at radius 3 is 2.15 bits per heavy atom. The molecule has 1 atom stereocenters. The fraction of sp³-hybridized carbons (Fsp3) is 0.333. The Labute approximate surface area is 236 Å². The van der Waals surface area contributed by atoms with Crippen LogP contribution in [-0.2, 0) is 32.6 Å². The number of anilines is 1. The maximum atomic E-state index is 13.7. The monoisotopic (exact) mass is 569 g/mol. The summed E-state index contributed by atoms with van der Waals surface area (Å²) in [4.78, 5) is 28.7. The molecular formula is C30H36ClN3O4S. The molecule has 0 aliphatic carbocycles. The minimum absolute atomic E-state index is 0.0752. The Morgan fingerprint density at radius 2 is 1.56 bits per heavy atom. The van der Waals surface area contributed by atoms with Crippen molar-refractivity contribution in [2.24, 2.45) is 0 Å². The molecule has 0 saturated heterocycles. The topological polar surface area (TPSA) is 86.8 Å². The number of amides is 2. The van der Waals surface area contributed by atoms with Crippen LogP contribution in [0.1, 0.15) is 37.3 Å². The molecule has 208 valence electrons. The summed E-state index contributed by atoms with van der Waals surface area (Å²) in [6.45, 7) is 2.86. The van der Waals surface area contributed by atoms with Crippen molar-refractivity contribution in [1.82, 2.24) is 10.2 Å². The van der Waals surface area contributed by atoms with Crippen LogP contribution < -0.4 is 9.62 Å². The molecule has 0 radical (unpaired) electrons. The lowest BCUT2D eigenvalue weighted by Gasteiger charge is -2.32. The minimum atomic E-state index is -3.60. The quantitative estimate of drug-likeness (QED) is 0.294. The zero-order valence-electron chi connectivity index (χ0n) is 22.4. The van der Waals surface area contributed by atoms with Gasteiger partial charge in [-0.1, -0.05) is 85.3 Å². The lowest BCUT2D eigenvalue weighted by Crippen LogP contribution is -2.50. The Kier molecular flexibility index (Phi) is 11.4. The van der Waals surface area contributed by atoms with E-state index in [-0.39, 0.29) is 37.7 Å². The Hall–Kier alpha value is -3.36. The summed E-state index contributed by atoms with van der Waals surface area (Å²) in [5.74, 6) is -0.423. The molecular weight excluding hydrogens is 534 g/mol. The smallest absolute Gasteiger partial charge is 0.243 e. The second kappa shape index (κ2) is 14.7. The molecule has 0 saturated carbocycles. The first kappa shape index (κ1) is 30.2. The van der Waals surface area contributed by atoms with Crippen LogP contribution in [0.4, 0.5) is 5.69 Å². The summed E-state index contributed by atoms with van der Waals surface area (Å²) in [5, 5.41) is 3.39. The van der Waals surface area contributed by atoms with Gasteiger partial charge in [0, 0.05) is 37.5 Å². The van der Waals surface area contributed by atoms with E-state index in [1.165, 1.54) is 4.31 Å². The molecule has 0 heterocycles. The minimum Gasteiger partial charge on any atom is -0.354 e. The highest BCUT2D eigenvalue weighted by Gasteiger charge is 2.30. The van der Waals surface area contributed by atoms with Gasteiger partial charge in [-0.2, -0.15) is 0 Å². The van der Waals surface area contributed by atoms with Gasteiger partial charge in [-0.15, -0.1) is 0 Å². The van der Waals surface area contributed by atoms with Crippen LogP contribution in [-0.4, -0.2) is 50.5 Å². The standard InChI is InChI=1S/C30H36ClN3O4S/c1-3-19-32-30(36)28(21-24-12-6-4-7-13-24)33(23-25-14-8-5-9-15-25)29(35)18-11-20-34(39(2,37)38)27-17-10-16-26(31)22-27/h4-10,12-17,22,28H,3,11,18-21,23H2,1-2H3,(H,32,36)/t28-/m0/s1. The number of halogens is 1. The molecule has 1 N–H and O–H groups in total. The second-order valence-electron chi connectivity index (χ2n) is 9.42. The fourth-order valence-electron chi connectivity index (χ4n) is 4.34. The summed E-state index contributed by atoms with van der Waals surface area (Å²) in [7, 11) is -3.60. The van der Waals surface area contributed by atoms with Crippen molar-refractivity contribution in [1.29, 1.82) is 0 Å². The van der Waals surface area contributed by atoms with Crippen molar-refractivity contribution >= 4 is 39.1 Å². The van der Waals surface area contributed by atoms with Crippen LogP contribution in [0.5, 0.6) is 0 Å². The van der Waals surface area contributed by atoms with E-state index in [2.05, 4.69) is 5.32 Å². The number of nitrogens with zero attached hydrogens (tertiary/aromatic N) is 2. The molecule has 9 heteroatoms. The number of carbonyl (C=O) groups is 2. The van der Waals surface area contributed by atoms with Crippen molar-refractivity contribution < 1.29 is 18.0 Å². The lowest BCUT2D eigenvalue weighted by molar-refractivity contribution is -0.141. The predicted molar refractivity (Wildman–Crippen MR) is 157 cm³/mol. The third-order valence-electron chi connectivity index (χ3n) is 6.26. The van der Waals surface area contributed by atoms with Crippen LogP contribution in [0.2, 0.25) is 5.02 Å². The van der Waals surface area contributed by atoms with Gasteiger partial charge in [0.2, 0.25) is 21.8 Å². The van der Waals surface area contributed by atoms with E-state index >= 15 is 0 Å². The SMILES string of the molecule is CCCNC(=O)[C@H](Cc1ccccc1)N(Cc1ccccc1)C(=O)CCCN(c1cccc(Cl)c1)S(C)(=O)=O. The molecule has 3 aromatic carbocycles. The Bertz CT molecular complexity index is 1320. The molecule has 0 unspecified atom stereocenters. The van der Waals surface area contributed by atoms with Crippen molar-refractivity contribution in [2.75, 3.05) is 23.7 Å². The highest BCUT2D eigenvalue weighted by atomic mass is 35.5. The molecule has 7 nitrogen and oxygen atoms in total. The number of carbonyl (C=O) groups excluding carboxylic acids is 2. The number of hydrogen-bond acceptors (Lipinski definition) is 4. The van der Waals surface area contributed by atoms with Crippen LogP contribution in [0, 0.1) is 0 Å². The number of rotatable bonds is 14. The number of hydrogen-bond donors (Lipinski definition) is 1. The van der Waals surface area contributed by atoms with Crippen molar-refractivity contribution in [3.05, 3.63) is 101 Å². The van der Waals surface area contributed by atoms with Gasteiger partial charge >= 0.3 is 0 Å². The summed E-state index contributed by atoms with van der Waals surface area (Å²) >= 11 is 6.09. The maximum Gasteiger partial charge on any atom is 0.243 e. The molecule has 3 rings (SSSR count). The average Bonchev–Trinajstić information content (AvgIpc) is 2.92. The Balaban J connectivity index is 1.84. The zero-order valence-corrected chi connectivity index (χ0v) is 24.0. The van der Waals surface area contributed by atoms with Gasteiger partial charge in [0.1, 0.15) is 6.04 Å². The van der Waals surface area contributed by atoms with Crippen LogP contribution >= 0.6 is 11.6 Å². The van der Waals surface area contributed by atoms with Gasteiger partial charge in [-0.05, 0) is 42.2 Å². The third-order valence-corrected chi connectivity index (χ3v) is 7.69. The largest absolute Gasteiger partial charge is 0.354 e. The number of sulfonamides is 1. The molecule has 0 bridgehead atoms. The van der Waals surface area contributed by atoms with Crippen LogP contribution in [0.25, 0.3) is 0 Å². The first-order valence-corrected chi connectivity index (χ1v) is 15.3. The normalized spacial score (nSPS) is 12.0. The summed E-state index contributed by atoms with van der Waals surface area (Å²) in [6.07, 6.45) is 2.63. The van der Waals surface area contributed by atoms with Crippen LogP contribution in [0.15, 0.2) is 84.9 Å². The van der Waals surface area contributed by atoms with Crippen molar-refractivity contribution in [3.63, 3.8) is 0 Å². The van der Waals surface area contributed by atoms with Gasteiger partial charge in [-0.25, -0.2) is 8.42 Å². The average molecular weight is 570 g/mol. The van der Waals surface area contributed by atoms with Crippen LogP contribution in [0.3, 0.4) is 0 Å². The van der Waals surface area contributed by atoms with E-state index in [4.69, 9.17) is 11.6 Å².